The molecule has 1 heterocycles. The van der Waals surface area contributed by atoms with Gasteiger partial charge in [0.2, 0.25) is 0 Å². The third-order valence-electron chi connectivity index (χ3n) is 3.87. The lowest BCUT2D eigenvalue weighted by molar-refractivity contribution is 0.145. The Morgan fingerprint density at radius 2 is 2.05 bits per heavy atom. The zero-order valence-corrected chi connectivity index (χ0v) is 14.2. The smallest absolute Gasteiger partial charge is 0.190 e. The predicted molar refractivity (Wildman–Crippen MR) is 89.9 cm³/mol. The molecule has 1 aliphatic rings. The van der Waals surface area contributed by atoms with Crippen LogP contribution in [0, 0.1) is 5.92 Å². The largest absolute Gasteiger partial charge is 0.382 e. The average molecular weight is 298 g/mol. The van der Waals surface area contributed by atoms with E-state index in [1.54, 1.807) is 0 Å². The van der Waals surface area contributed by atoms with Gasteiger partial charge in [-0.05, 0) is 51.6 Å². The van der Waals surface area contributed by atoms with Crippen LogP contribution in [0.3, 0.4) is 0 Å². The van der Waals surface area contributed by atoms with Gasteiger partial charge < -0.3 is 20.3 Å². The molecule has 0 bridgehead atoms. The molecule has 2 N–H and O–H groups in total. The lowest BCUT2D eigenvalue weighted by Gasteiger charge is -2.30. The van der Waals surface area contributed by atoms with E-state index >= 15 is 0 Å². The van der Waals surface area contributed by atoms with Crippen molar-refractivity contribution in [3.05, 3.63) is 0 Å². The molecule has 0 saturated carbocycles. The highest BCUT2D eigenvalue weighted by Gasteiger charge is 2.15. The summed E-state index contributed by atoms with van der Waals surface area (Å²) in [5.74, 6) is 1.77. The van der Waals surface area contributed by atoms with E-state index in [4.69, 9.17) is 4.74 Å². The van der Waals surface area contributed by atoms with E-state index in [1.807, 2.05) is 14.0 Å². The van der Waals surface area contributed by atoms with Gasteiger partial charge in [0.1, 0.15) is 0 Å². The topological polar surface area (TPSA) is 48.9 Å². The van der Waals surface area contributed by atoms with Crippen LogP contribution in [0.1, 0.15) is 39.5 Å². The second-order valence-corrected chi connectivity index (χ2v) is 5.88. The number of piperidine rings is 1. The monoisotopic (exact) mass is 298 g/mol. The third kappa shape index (κ3) is 8.94. The lowest BCUT2D eigenvalue weighted by atomic mass is 10.0. The maximum Gasteiger partial charge on any atom is 0.190 e. The fraction of sp³-hybridized carbons (Fsp3) is 0.938. The molecule has 1 rings (SSSR count). The average Bonchev–Trinajstić information content (AvgIpc) is 2.49. The van der Waals surface area contributed by atoms with Gasteiger partial charge in [-0.3, -0.25) is 4.99 Å². The normalized spacial score (nSPS) is 20.5. The molecule has 0 radical (unpaired) electrons. The molecule has 0 amide bonds. The summed E-state index contributed by atoms with van der Waals surface area (Å²) in [5, 5.41) is 6.70. The fourth-order valence-electron chi connectivity index (χ4n) is 2.75. The Balaban J connectivity index is 2.01. The van der Waals surface area contributed by atoms with Crippen LogP contribution in [-0.4, -0.2) is 63.8 Å². The standard InChI is InChI=1S/C16H34N4O/c1-4-21-13-7-10-19-16(17-3)18-9-6-12-20-11-5-8-15(2)14-20/h15H,4-14H2,1-3H3,(H2,17,18,19). The molecule has 1 saturated heterocycles. The summed E-state index contributed by atoms with van der Waals surface area (Å²) in [5.41, 5.74) is 0. The van der Waals surface area contributed by atoms with Gasteiger partial charge in [-0.15, -0.1) is 0 Å². The first-order valence-electron chi connectivity index (χ1n) is 8.50. The van der Waals surface area contributed by atoms with E-state index < -0.39 is 0 Å². The van der Waals surface area contributed by atoms with Gasteiger partial charge in [-0.25, -0.2) is 0 Å². The Morgan fingerprint density at radius 3 is 2.71 bits per heavy atom. The number of rotatable bonds is 9. The molecule has 5 heteroatoms. The molecule has 1 unspecified atom stereocenters. The highest BCUT2D eigenvalue weighted by atomic mass is 16.5. The summed E-state index contributed by atoms with van der Waals surface area (Å²) < 4.78 is 5.32. The Hall–Kier alpha value is -0.810. The van der Waals surface area contributed by atoms with E-state index in [2.05, 4.69) is 27.4 Å². The van der Waals surface area contributed by atoms with Crippen molar-refractivity contribution < 1.29 is 4.74 Å². The van der Waals surface area contributed by atoms with Crippen molar-refractivity contribution in [3.63, 3.8) is 0 Å². The molecule has 21 heavy (non-hydrogen) atoms. The minimum Gasteiger partial charge on any atom is -0.382 e. The maximum atomic E-state index is 5.32. The molecule has 1 atom stereocenters. The Kier molecular flexibility index (Phi) is 10.3. The van der Waals surface area contributed by atoms with Crippen molar-refractivity contribution >= 4 is 5.96 Å². The summed E-state index contributed by atoms with van der Waals surface area (Å²) in [6.07, 6.45) is 4.94. The summed E-state index contributed by atoms with van der Waals surface area (Å²) in [6, 6.07) is 0. The molecule has 0 aromatic heterocycles. The van der Waals surface area contributed by atoms with E-state index in [0.29, 0.717) is 0 Å². The molecule has 124 valence electrons. The van der Waals surface area contributed by atoms with Crippen LogP contribution >= 0.6 is 0 Å². The summed E-state index contributed by atoms with van der Waals surface area (Å²) in [7, 11) is 1.82. The van der Waals surface area contributed by atoms with E-state index in [-0.39, 0.29) is 0 Å². The molecule has 1 fully saturated rings. The van der Waals surface area contributed by atoms with Gasteiger partial charge in [0.05, 0.1) is 0 Å². The Labute approximate surface area is 130 Å². The van der Waals surface area contributed by atoms with Crippen LogP contribution in [0.4, 0.5) is 0 Å². The van der Waals surface area contributed by atoms with Crippen LogP contribution in [0.25, 0.3) is 0 Å². The van der Waals surface area contributed by atoms with Crippen molar-refractivity contribution in [2.45, 2.75) is 39.5 Å². The zero-order chi connectivity index (χ0) is 15.3. The van der Waals surface area contributed by atoms with Gasteiger partial charge in [0.25, 0.3) is 0 Å². The molecule has 0 aromatic rings. The van der Waals surface area contributed by atoms with Gasteiger partial charge >= 0.3 is 0 Å². The molecule has 5 nitrogen and oxygen atoms in total. The highest BCUT2D eigenvalue weighted by molar-refractivity contribution is 5.79. The summed E-state index contributed by atoms with van der Waals surface area (Å²) >= 11 is 0. The molecule has 0 spiro atoms. The van der Waals surface area contributed by atoms with Crippen molar-refractivity contribution in [1.29, 1.82) is 0 Å². The van der Waals surface area contributed by atoms with E-state index in [1.165, 1.54) is 38.9 Å². The first-order chi connectivity index (χ1) is 10.3. The first-order valence-corrected chi connectivity index (χ1v) is 8.50. The number of likely N-dealkylation sites (tertiary alicyclic amines) is 1. The zero-order valence-electron chi connectivity index (χ0n) is 14.2. The number of nitrogens with zero attached hydrogens (tertiary/aromatic N) is 2. The highest BCUT2D eigenvalue weighted by Crippen LogP contribution is 2.15. The second kappa shape index (κ2) is 11.8. The van der Waals surface area contributed by atoms with Gasteiger partial charge in [-0.2, -0.15) is 0 Å². The molecule has 0 aromatic carbocycles. The van der Waals surface area contributed by atoms with Crippen LogP contribution < -0.4 is 10.6 Å². The summed E-state index contributed by atoms with van der Waals surface area (Å²) in [6.45, 7) is 11.6. The maximum absolute atomic E-state index is 5.32. The quantitative estimate of drug-likeness (QED) is 0.386. The Morgan fingerprint density at radius 1 is 1.29 bits per heavy atom. The van der Waals surface area contributed by atoms with E-state index in [0.717, 1.165) is 44.6 Å². The number of hydrogen-bond acceptors (Lipinski definition) is 3. The van der Waals surface area contributed by atoms with E-state index in [9.17, 15) is 0 Å². The van der Waals surface area contributed by atoms with Crippen molar-refractivity contribution in [2.75, 3.05) is 53.0 Å². The number of guanidine groups is 1. The number of ether oxygens (including phenoxy) is 1. The molecular weight excluding hydrogens is 264 g/mol. The van der Waals surface area contributed by atoms with Crippen LogP contribution in [0.2, 0.25) is 0 Å². The SMILES string of the molecule is CCOCCCNC(=NC)NCCCN1CCCC(C)C1. The number of hydrogen-bond donors (Lipinski definition) is 2. The van der Waals surface area contributed by atoms with Crippen molar-refractivity contribution in [2.24, 2.45) is 10.9 Å². The molecule has 0 aliphatic carbocycles. The number of aliphatic imine (C=N–C) groups is 1. The van der Waals surface area contributed by atoms with Crippen LogP contribution in [0.15, 0.2) is 4.99 Å². The fourth-order valence-corrected chi connectivity index (χ4v) is 2.75. The summed E-state index contributed by atoms with van der Waals surface area (Å²) in [4.78, 5) is 6.83. The van der Waals surface area contributed by atoms with Crippen molar-refractivity contribution in [3.8, 4) is 0 Å². The minimum absolute atomic E-state index is 0.794. The van der Waals surface area contributed by atoms with Crippen LogP contribution in [-0.2, 0) is 4.74 Å². The predicted octanol–water partition coefficient (Wildman–Crippen LogP) is 1.70. The van der Waals surface area contributed by atoms with Gasteiger partial charge in [-0.1, -0.05) is 6.92 Å². The minimum atomic E-state index is 0.794. The van der Waals surface area contributed by atoms with Crippen LogP contribution in [0.5, 0.6) is 0 Å². The molecule has 1 aliphatic heterocycles. The Bertz CT molecular complexity index is 283. The van der Waals surface area contributed by atoms with Crippen molar-refractivity contribution in [1.82, 2.24) is 15.5 Å². The number of nitrogens with one attached hydrogen (secondary N) is 2. The second-order valence-electron chi connectivity index (χ2n) is 5.88. The third-order valence-corrected chi connectivity index (χ3v) is 3.87. The lowest BCUT2D eigenvalue weighted by Crippen LogP contribution is -2.40. The first kappa shape index (κ1) is 18.2. The molecular formula is C16H34N4O. The van der Waals surface area contributed by atoms with Gasteiger partial charge in [0.15, 0.2) is 5.96 Å². The van der Waals surface area contributed by atoms with Gasteiger partial charge in [0, 0.05) is 39.9 Å².